The van der Waals surface area contributed by atoms with Crippen LogP contribution in [-0.2, 0) is 11.3 Å². The Morgan fingerprint density at radius 1 is 1.35 bits per heavy atom. The Labute approximate surface area is 108 Å². The maximum absolute atomic E-state index is 11.5. The molecule has 0 fully saturated rings. The lowest BCUT2D eigenvalue weighted by atomic mass is 10.2. The van der Waals surface area contributed by atoms with E-state index in [2.05, 4.69) is 5.32 Å². The van der Waals surface area contributed by atoms with Crippen LogP contribution >= 0.6 is 12.4 Å². The van der Waals surface area contributed by atoms with E-state index >= 15 is 0 Å². The average molecular weight is 259 g/mol. The van der Waals surface area contributed by atoms with Crippen LogP contribution in [0.25, 0.3) is 0 Å². The smallest absolute Gasteiger partial charge is 0.236 e. The quantitative estimate of drug-likeness (QED) is 0.866. The monoisotopic (exact) mass is 258 g/mol. The summed E-state index contributed by atoms with van der Waals surface area (Å²) in [5.41, 5.74) is 1.09. The van der Waals surface area contributed by atoms with Crippen LogP contribution in [0, 0.1) is 0 Å². The first kappa shape index (κ1) is 15.7. The van der Waals surface area contributed by atoms with Gasteiger partial charge in [0.15, 0.2) is 0 Å². The van der Waals surface area contributed by atoms with Gasteiger partial charge < -0.3 is 15.0 Å². The van der Waals surface area contributed by atoms with Crippen LogP contribution in [0.4, 0.5) is 0 Å². The van der Waals surface area contributed by atoms with Crippen LogP contribution in [0.15, 0.2) is 24.3 Å². The minimum Gasteiger partial charge on any atom is -0.497 e. The van der Waals surface area contributed by atoms with Gasteiger partial charge in [-0.3, -0.25) is 4.79 Å². The summed E-state index contributed by atoms with van der Waals surface area (Å²) in [5, 5.41) is 2.84. The van der Waals surface area contributed by atoms with Crippen molar-refractivity contribution in [1.29, 1.82) is 0 Å². The van der Waals surface area contributed by atoms with Crippen molar-refractivity contribution in [2.24, 2.45) is 0 Å². The second-order valence-electron chi connectivity index (χ2n) is 3.63. The molecule has 0 aromatic heterocycles. The van der Waals surface area contributed by atoms with Crippen LogP contribution < -0.4 is 10.1 Å². The van der Waals surface area contributed by atoms with Crippen molar-refractivity contribution < 1.29 is 9.53 Å². The molecule has 1 rings (SSSR count). The Bertz CT molecular complexity index is 341. The second-order valence-corrected chi connectivity index (χ2v) is 3.63. The summed E-state index contributed by atoms with van der Waals surface area (Å²) in [6.45, 7) is 0.983. The van der Waals surface area contributed by atoms with Crippen molar-refractivity contribution >= 4 is 18.3 Å². The number of rotatable bonds is 5. The van der Waals surface area contributed by atoms with Crippen LogP contribution in [-0.4, -0.2) is 38.6 Å². The highest BCUT2D eigenvalue weighted by molar-refractivity contribution is 5.85. The molecule has 0 bridgehead atoms. The van der Waals surface area contributed by atoms with Gasteiger partial charge in [0.2, 0.25) is 5.91 Å². The minimum absolute atomic E-state index is 0. The lowest BCUT2D eigenvalue weighted by Crippen LogP contribution is -2.33. The number of benzene rings is 1. The van der Waals surface area contributed by atoms with Crippen molar-refractivity contribution in [3.05, 3.63) is 29.8 Å². The number of halogens is 1. The molecule has 0 spiro atoms. The van der Waals surface area contributed by atoms with Crippen LogP contribution in [0.2, 0.25) is 0 Å². The molecular formula is C12H19ClN2O2. The van der Waals surface area contributed by atoms with E-state index in [0.717, 1.165) is 11.3 Å². The molecule has 0 saturated heterocycles. The van der Waals surface area contributed by atoms with E-state index in [-0.39, 0.29) is 18.3 Å². The van der Waals surface area contributed by atoms with E-state index in [4.69, 9.17) is 4.74 Å². The molecule has 1 amide bonds. The molecule has 0 aliphatic heterocycles. The summed E-state index contributed by atoms with van der Waals surface area (Å²) in [7, 11) is 5.20. The number of carbonyl (C=O) groups excluding carboxylic acids is 1. The zero-order valence-corrected chi connectivity index (χ0v) is 11.2. The largest absolute Gasteiger partial charge is 0.497 e. The van der Waals surface area contributed by atoms with E-state index in [1.807, 2.05) is 24.3 Å². The molecule has 96 valence electrons. The van der Waals surface area contributed by atoms with Gasteiger partial charge in [-0.1, -0.05) is 12.1 Å². The van der Waals surface area contributed by atoms with Gasteiger partial charge in [0.05, 0.1) is 13.7 Å². The first-order valence-corrected chi connectivity index (χ1v) is 5.19. The number of carbonyl (C=O) groups is 1. The molecule has 1 N–H and O–H groups in total. The molecule has 0 saturated carbocycles. The van der Waals surface area contributed by atoms with Gasteiger partial charge in [-0.2, -0.15) is 0 Å². The maximum atomic E-state index is 11.5. The fourth-order valence-electron chi connectivity index (χ4n) is 1.38. The highest BCUT2D eigenvalue weighted by Crippen LogP contribution is 2.12. The van der Waals surface area contributed by atoms with Crippen molar-refractivity contribution in [3.63, 3.8) is 0 Å². The third-order valence-corrected chi connectivity index (χ3v) is 2.33. The van der Waals surface area contributed by atoms with Gasteiger partial charge in [0.25, 0.3) is 0 Å². The summed E-state index contributed by atoms with van der Waals surface area (Å²) >= 11 is 0. The Hall–Kier alpha value is -1.26. The number of nitrogens with one attached hydrogen (secondary N) is 1. The number of methoxy groups -OCH3 is 1. The molecular weight excluding hydrogens is 240 g/mol. The van der Waals surface area contributed by atoms with Gasteiger partial charge in [-0.15, -0.1) is 12.4 Å². The van der Waals surface area contributed by atoms with E-state index in [1.165, 1.54) is 0 Å². The summed E-state index contributed by atoms with van der Waals surface area (Å²) < 4.78 is 5.07. The number of hydrogen-bond acceptors (Lipinski definition) is 3. The number of hydrogen-bond donors (Lipinski definition) is 1. The third-order valence-electron chi connectivity index (χ3n) is 2.33. The number of likely N-dealkylation sites (N-methyl/N-ethyl adjacent to an activating group) is 2. The first-order valence-electron chi connectivity index (χ1n) is 5.19. The SMILES string of the molecule is CNCC(=O)N(C)Cc1ccc(OC)cc1.Cl. The summed E-state index contributed by atoms with van der Waals surface area (Å²) in [6.07, 6.45) is 0. The Balaban J connectivity index is 0.00000256. The Morgan fingerprint density at radius 2 is 1.94 bits per heavy atom. The summed E-state index contributed by atoms with van der Waals surface area (Å²) in [6, 6.07) is 7.71. The van der Waals surface area contributed by atoms with Gasteiger partial charge >= 0.3 is 0 Å². The predicted molar refractivity (Wildman–Crippen MR) is 70.6 cm³/mol. The fraction of sp³-hybridized carbons (Fsp3) is 0.417. The highest BCUT2D eigenvalue weighted by atomic mass is 35.5. The van der Waals surface area contributed by atoms with Crippen molar-refractivity contribution in [1.82, 2.24) is 10.2 Å². The molecule has 17 heavy (non-hydrogen) atoms. The Morgan fingerprint density at radius 3 is 2.41 bits per heavy atom. The lowest BCUT2D eigenvalue weighted by molar-refractivity contribution is -0.129. The van der Waals surface area contributed by atoms with E-state index in [0.29, 0.717) is 13.1 Å². The number of ether oxygens (including phenoxy) is 1. The summed E-state index contributed by atoms with van der Waals surface area (Å²) in [5.74, 6) is 0.909. The molecule has 0 aliphatic carbocycles. The molecule has 4 nitrogen and oxygen atoms in total. The topological polar surface area (TPSA) is 41.6 Å². The first-order chi connectivity index (χ1) is 7.67. The normalized spacial score (nSPS) is 9.35. The zero-order valence-electron chi connectivity index (χ0n) is 10.4. The zero-order chi connectivity index (χ0) is 12.0. The van der Waals surface area contributed by atoms with Gasteiger partial charge in [0, 0.05) is 13.6 Å². The van der Waals surface area contributed by atoms with Gasteiger partial charge in [-0.25, -0.2) is 0 Å². The summed E-state index contributed by atoms with van der Waals surface area (Å²) in [4.78, 5) is 13.2. The van der Waals surface area contributed by atoms with E-state index in [9.17, 15) is 4.79 Å². The minimum atomic E-state index is 0. The van der Waals surface area contributed by atoms with Crippen molar-refractivity contribution in [2.45, 2.75) is 6.54 Å². The maximum Gasteiger partial charge on any atom is 0.236 e. The third kappa shape index (κ3) is 5.06. The lowest BCUT2D eigenvalue weighted by Gasteiger charge is -2.17. The molecule has 1 aromatic carbocycles. The fourth-order valence-corrected chi connectivity index (χ4v) is 1.38. The van der Waals surface area contributed by atoms with Crippen LogP contribution in [0.3, 0.4) is 0 Å². The molecule has 0 radical (unpaired) electrons. The van der Waals surface area contributed by atoms with Crippen LogP contribution in [0.1, 0.15) is 5.56 Å². The molecule has 0 unspecified atom stereocenters. The van der Waals surface area contributed by atoms with E-state index in [1.54, 1.807) is 26.1 Å². The molecule has 0 aliphatic rings. The standard InChI is InChI=1S/C12H18N2O2.ClH/c1-13-8-12(15)14(2)9-10-4-6-11(16-3)7-5-10;/h4-7,13H,8-9H2,1-3H3;1H. The van der Waals surface area contributed by atoms with Gasteiger partial charge in [0.1, 0.15) is 5.75 Å². The molecule has 0 atom stereocenters. The van der Waals surface area contributed by atoms with Crippen LogP contribution in [0.5, 0.6) is 5.75 Å². The second kappa shape index (κ2) is 7.92. The van der Waals surface area contributed by atoms with Gasteiger partial charge in [-0.05, 0) is 24.7 Å². The van der Waals surface area contributed by atoms with Crippen molar-refractivity contribution in [2.75, 3.05) is 27.7 Å². The van der Waals surface area contributed by atoms with E-state index < -0.39 is 0 Å². The highest BCUT2D eigenvalue weighted by Gasteiger charge is 2.07. The molecule has 1 aromatic rings. The van der Waals surface area contributed by atoms with Crippen molar-refractivity contribution in [3.8, 4) is 5.75 Å². The number of amides is 1. The Kier molecular flexibility index (Phi) is 7.34. The number of nitrogens with zero attached hydrogens (tertiary/aromatic N) is 1. The molecule has 5 heteroatoms. The molecule has 0 heterocycles. The predicted octanol–water partition coefficient (Wildman–Crippen LogP) is 1.29. The average Bonchev–Trinajstić information content (AvgIpc) is 2.30.